The van der Waals surface area contributed by atoms with E-state index in [0.29, 0.717) is 3.57 Å². The van der Waals surface area contributed by atoms with Gasteiger partial charge in [-0.15, -0.1) is 0 Å². The Morgan fingerprint density at radius 2 is 2.40 bits per heavy atom. The highest BCUT2D eigenvalue weighted by Crippen LogP contribution is 2.10. The van der Waals surface area contributed by atoms with Gasteiger partial charge in [-0.05, 0) is 22.6 Å². The van der Waals surface area contributed by atoms with E-state index in [9.17, 15) is 4.79 Å². The maximum absolute atomic E-state index is 10.9. The summed E-state index contributed by atoms with van der Waals surface area (Å²) in [5.74, 6) is -0.0660. The summed E-state index contributed by atoms with van der Waals surface area (Å²) in [6, 6.07) is 0. The van der Waals surface area contributed by atoms with E-state index in [1.165, 1.54) is 17.9 Å². The van der Waals surface area contributed by atoms with Crippen LogP contribution < -0.4 is 5.56 Å². The third kappa shape index (κ3) is 1.13. The van der Waals surface area contributed by atoms with E-state index in [1.807, 2.05) is 0 Å². The molecule has 1 aromatic rings. The molecule has 0 aliphatic heterocycles. The third-order valence-corrected chi connectivity index (χ3v) is 2.07. The van der Waals surface area contributed by atoms with E-state index >= 15 is 0 Å². The van der Waals surface area contributed by atoms with E-state index in [-0.39, 0.29) is 11.3 Å². The van der Waals surface area contributed by atoms with Crippen LogP contribution >= 0.6 is 22.6 Å². The second-order valence-corrected chi connectivity index (χ2v) is 2.85. The molecular formula is C5H5IN2O2. The molecule has 0 fully saturated rings. The molecule has 0 saturated heterocycles. The van der Waals surface area contributed by atoms with Crippen LogP contribution in [0, 0.1) is 3.57 Å². The minimum Gasteiger partial charge on any atom is -0.505 e. The molecule has 0 bridgehead atoms. The summed E-state index contributed by atoms with van der Waals surface area (Å²) in [5.41, 5.74) is -0.277. The first-order valence-corrected chi connectivity index (χ1v) is 3.61. The lowest BCUT2D eigenvalue weighted by Crippen LogP contribution is -2.21. The first kappa shape index (κ1) is 7.52. The van der Waals surface area contributed by atoms with Crippen molar-refractivity contribution < 1.29 is 5.11 Å². The highest BCUT2D eigenvalue weighted by atomic mass is 127. The highest BCUT2D eigenvalue weighted by Gasteiger charge is 2.02. The van der Waals surface area contributed by atoms with Crippen LogP contribution in [0.5, 0.6) is 5.75 Å². The summed E-state index contributed by atoms with van der Waals surface area (Å²) in [4.78, 5) is 10.9. The van der Waals surface area contributed by atoms with Gasteiger partial charge in [0.15, 0.2) is 5.75 Å². The van der Waals surface area contributed by atoms with Gasteiger partial charge in [-0.2, -0.15) is 5.10 Å². The van der Waals surface area contributed by atoms with Crippen LogP contribution in [0.25, 0.3) is 0 Å². The fourth-order valence-corrected chi connectivity index (χ4v) is 0.990. The molecule has 0 unspecified atom stereocenters. The van der Waals surface area contributed by atoms with Gasteiger partial charge in [-0.3, -0.25) is 4.79 Å². The Hall–Kier alpha value is -0.590. The molecule has 0 radical (unpaired) electrons. The summed E-state index contributed by atoms with van der Waals surface area (Å²) in [6.45, 7) is 0. The predicted octanol–water partition coefficient (Wildman–Crippen LogP) is 0.0905. The Morgan fingerprint density at radius 1 is 1.80 bits per heavy atom. The van der Waals surface area contributed by atoms with Crippen molar-refractivity contribution in [3.63, 3.8) is 0 Å². The van der Waals surface area contributed by atoms with E-state index in [2.05, 4.69) is 5.10 Å². The van der Waals surface area contributed by atoms with Gasteiger partial charge in [0, 0.05) is 7.05 Å². The number of nitrogens with zero attached hydrogens (tertiary/aromatic N) is 2. The van der Waals surface area contributed by atoms with Crippen LogP contribution in [-0.4, -0.2) is 14.9 Å². The first-order chi connectivity index (χ1) is 4.63. The fourth-order valence-electron chi connectivity index (χ4n) is 0.502. The lowest BCUT2D eigenvalue weighted by molar-refractivity contribution is 0.459. The Balaban J connectivity index is 3.50. The fraction of sp³-hybridized carbons (Fsp3) is 0.200. The van der Waals surface area contributed by atoms with E-state index in [4.69, 9.17) is 5.11 Å². The number of aromatic hydroxyl groups is 1. The molecule has 10 heavy (non-hydrogen) atoms. The topological polar surface area (TPSA) is 55.1 Å². The molecule has 1 rings (SSSR count). The Morgan fingerprint density at radius 3 is 2.90 bits per heavy atom. The zero-order valence-corrected chi connectivity index (χ0v) is 7.36. The molecule has 5 heteroatoms. The quantitative estimate of drug-likeness (QED) is 0.666. The van der Waals surface area contributed by atoms with Crippen LogP contribution in [0.2, 0.25) is 0 Å². The van der Waals surface area contributed by atoms with Gasteiger partial charge in [0.2, 0.25) is 0 Å². The first-order valence-electron chi connectivity index (χ1n) is 2.53. The van der Waals surface area contributed by atoms with Crippen LogP contribution in [-0.2, 0) is 7.05 Å². The van der Waals surface area contributed by atoms with Crippen LogP contribution in [0.15, 0.2) is 11.0 Å². The number of hydrogen-bond acceptors (Lipinski definition) is 3. The molecule has 54 valence electrons. The molecule has 0 aliphatic carbocycles. The maximum atomic E-state index is 10.9. The predicted molar refractivity (Wildman–Crippen MR) is 43.9 cm³/mol. The molecule has 0 spiro atoms. The van der Waals surface area contributed by atoms with Crippen LogP contribution in [0.3, 0.4) is 0 Å². The third-order valence-electron chi connectivity index (χ3n) is 1.06. The number of aromatic nitrogens is 2. The molecule has 1 aromatic heterocycles. The van der Waals surface area contributed by atoms with E-state index in [1.54, 1.807) is 22.6 Å². The van der Waals surface area contributed by atoms with E-state index in [0.717, 1.165) is 0 Å². The Kier molecular flexibility index (Phi) is 1.93. The Labute approximate surface area is 70.6 Å². The van der Waals surface area contributed by atoms with Crippen molar-refractivity contribution in [3.05, 3.63) is 20.1 Å². The highest BCUT2D eigenvalue weighted by molar-refractivity contribution is 14.1. The maximum Gasteiger partial charge on any atom is 0.283 e. The Bertz CT molecular complexity index is 307. The smallest absolute Gasteiger partial charge is 0.283 e. The normalized spacial score (nSPS) is 9.80. The summed E-state index contributed by atoms with van der Waals surface area (Å²) < 4.78 is 1.47. The van der Waals surface area contributed by atoms with Gasteiger partial charge in [-0.25, -0.2) is 4.68 Å². The molecule has 4 nitrogen and oxygen atoms in total. The molecular weight excluding hydrogens is 247 g/mol. The van der Waals surface area contributed by atoms with Crippen molar-refractivity contribution in [1.82, 2.24) is 9.78 Å². The van der Waals surface area contributed by atoms with Gasteiger partial charge in [0.05, 0.1) is 6.20 Å². The van der Waals surface area contributed by atoms with Gasteiger partial charge in [0.1, 0.15) is 3.57 Å². The zero-order chi connectivity index (χ0) is 7.72. The average Bonchev–Trinajstić information content (AvgIpc) is 1.93. The minimum absolute atomic E-state index is 0.0660. The molecule has 1 heterocycles. The standard InChI is InChI=1S/C5H5IN2O2/c1-8-5(10)4(6)3(9)2-7-8/h2,9H,1H3. The summed E-state index contributed by atoms with van der Waals surface area (Å²) in [6.07, 6.45) is 1.24. The zero-order valence-electron chi connectivity index (χ0n) is 5.21. The lowest BCUT2D eigenvalue weighted by Gasteiger charge is -1.96. The van der Waals surface area contributed by atoms with Crippen molar-refractivity contribution in [2.45, 2.75) is 0 Å². The van der Waals surface area contributed by atoms with Crippen molar-refractivity contribution in [3.8, 4) is 5.75 Å². The van der Waals surface area contributed by atoms with Crippen LogP contribution in [0.1, 0.15) is 0 Å². The van der Waals surface area contributed by atoms with Crippen molar-refractivity contribution in [2.24, 2.45) is 7.05 Å². The summed E-state index contributed by atoms with van der Waals surface area (Å²) in [5, 5.41) is 12.5. The van der Waals surface area contributed by atoms with Crippen LogP contribution in [0.4, 0.5) is 0 Å². The number of hydrogen-bond donors (Lipinski definition) is 1. The van der Waals surface area contributed by atoms with Gasteiger partial charge >= 0.3 is 0 Å². The second kappa shape index (κ2) is 2.57. The lowest BCUT2D eigenvalue weighted by atomic mass is 10.5. The molecule has 1 N–H and O–H groups in total. The SMILES string of the molecule is Cn1ncc(O)c(I)c1=O. The van der Waals surface area contributed by atoms with Gasteiger partial charge in [-0.1, -0.05) is 0 Å². The summed E-state index contributed by atoms with van der Waals surface area (Å²) in [7, 11) is 1.53. The number of halogens is 1. The molecule has 0 aliphatic rings. The van der Waals surface area contributed by atoms with Crippen molar-refractivity contribution in [1.29, 1.82) is 0 Å². The molecule has 0 atom stereocenters. The van der Waals surface area contributed by atoms with E-state index < -0.39 is 0 Å². The molecule has 0 saturated carbocycles. The molecule has 0 amide bonds. The average molecular weight is 252 g/mol. The largest absolute Gasteiger partial charge is 0.505 e. The van der Waals surface area contributed by atoms with Gasteiger partial charge in [0.25, 0.3) is 5.56 Å². The monoisotopic (exact) mass is 252 g/mol. The number of aryl methyl sites for hydroxylation is 1. The molecule has 0 aromatic carbocycles. The van der Waals surface area contributed by atoms with Crippen molar-refractivity contribution >= 4 is 22.6 Å². The van der Waals surface area contributed by atoms with Gasteiger partial charge < -0.3 is 5.11 Å². The van der Waals surface area contributed by atoms with Crippen molar-refractivity contribution in [2.75, 3.05) is 0 Å². The second-order valence-electron chi connectivity index (χ2n) is 1.77. The number of rotatable bonds is 0. The minimum atomic E-state index is -0.277. The summed E-state index contributed by atoms with van der Waals surface area (Å²) >= 11 is 1.77.